The third kappa shape index (κ3) is 2.46. The first-order chi connectivity index (χ1) is 8.24. The third-order valence-electron chi connectivity index (χ3n) is 2.22. The van der Waals surface area contributed by atoms with E-state index in [2.05, 4.69) is 10.2 Å². The number of rotatable bonds is 5. The van der Waals surface area contributed by atoms with Gasteiger partial charge in [-0.05, 0) is 0 Å². The highest BCUT2D eigenvalue weighted by Gasteiger charge is 2.27. The number of H-pyrrole nitrogens is 1. The number of nitrogens with zero attached hydrogens (tertiary/aromatic N) is 1. The van der Waals surface area contributed by atoms with Crippen molar-refractivity contribution in [2.75, 3.05) is 19.1 Å². The van der Waals surface area contributed by atoms with Crippen LogP contribution in [0.5, 0.6) is 0 Å². The molecule has 17 heavy (non-hydrogen) atoms. The number of allylic oxidation sites excluding steroid dienone is 2. The molecule has 7 heteroatoms. The molecule has 3 N–H and O–H groups in total. The molecule has 0 radical (unpaired) electrons. The number of fused-ring (bicyclic) bond motifs is 1. The molecule has 2 rings (SSSR count). The van der Waals surface area contributed by atoms with Gasteiger partial charge < -0.3 is 10.5 Å². The van der Waals surface area contributed by atoms with E-state index in [1.165, 1.54) is 24.0 Å². The van der Waals surface area contributed by atoms with Crippen LogP contribution in [0.2, 0.25) is 0 Å². The summed E-state index contributed by atoms with van der Waals surface area (Å²) in [6.07, 6.45) is 2.70. The van der Waals surface area contributed by atoms with Crippen LogP contribution in [-0.4, -0.2) is 40.9 Å². The Hall–Kier alpha value is -1.44. The first-order valence-corrected chi connectivity index (χ1v) is 5.97. The van der Waals surface area contributed by atoms with Crippen molar-refractivity contribution in [3.05, 3.63) is 28.4 Å². The summed E-state index contributed by atoms with van der Waals surface area (Å²) < 4.78 is 4.96. The van der Waals surface area contributed by atoms with E-state index in [0.29, 0.717) is 22.8 Å². The molecule has 0 unspecified atom stereocenters. The average molecular weight is 253 g/mol. The maximum atomic E-state index is 11.9. The van der Waals surface area contributed by atoms with E-state index in [0.717, 1.165) is 0 Å². The van der Waals surface area contributed by atoms with Gasteiger partial charge in [0.1, 0.15) is 5.69 Å². The maximum absolute atomic E-state index is 11.9. The molecular formula is C10H11N3O3S. The van der Waals surface area contributed by atoms with Crippen LogP contribution < -0.4 is 5.73 Å². The normalized spacial score (nSPS) is 14.8. The molecule has 0 saturated carbocycles. The van der Waals surface area contributed by atoms with Crippen molar-refractivity contribution in [2.45, 2.75) is 0 Å². The fourth-order valence-corrected chi connectivity index (χ4v) is 2.29. The lowest BCUT2D eigenvalue weighted by Gasteiger charge is -2.10. The molecule has 1 aromatic heterocycles. The van der Waals surface area contributed by atoms with E-state index >= 15 is 0 Å². The molecule has 1 aliphatic rings. The number of carbonyl (C=O) groups is 2. The van der Waals surface area contributed by atoms with Gasteiger partial charge in [0.2, 0.25) is 11.6 Å². The summed E-state index contributed by atoms with van der Waals surface area (Å²) in [6.45, 7) is 0.594. The number of thioether (sulfide) groups is 1. The zero-order chi connectivity index (χ0) is 12.3. The molecule has 1 aromatic rings. The molecule has 6 nitrogen and oxygen atoms in total. The molecule has 0 aliphatic heterocycles. The first kappa shape index (κ1) is 12.0. The van der Waals surface area contributed by atoms with Gasteiger partial charge in [-0.25, -0.2) is 0 Å². The molecule has 0 aromatic carbocycles. The highest BCUT2D eigenvalue weighted by molar-refractivity contribution is 8.04. The van der Waals surface area contributed by atoms with Crippen LogP contribution >= 0.6 is 11.8 Å². The molecule has 0 bridgehead atoms. The second-order valence-electron chi connectivity index (χ2n) is 3.28. The van der Waals surface area contributed by atoms with Crippen LogP contribution in [0.25, 0.3) is 0 Å². The Labute approximate surface area is 102 Å². The minimum absolute atomic E-state index is 0.151. The van der Waals surface area contributed by atoms with Gasteiger partial charge in [0.15, 0.2) is 0 Å². The Bertz CT molecular complexity index is 481. The highest BCUT2D eigenvalue weighted by Crippen LogP contribution is 2.26. The number of ketones is 2. The molecule has 0 spiro atoms. The van der Waals surface area contributed by atoms with E-state index in [9.17, 15) is 9.59 Å². The minimum Gasteiger partial charge on any atom is -0.366 e. The lowest BCUT2D eigenvalue weighted by molar-refractivity contribution is 0.0989. The molecule has 1 heterocycles. The Morgan fingerprint density at radius 3 is 3.06 bits per heavy atom. The van der Waals surface area contributed by atoms with E-state index < -0.39 is 0 Å². The predicted molar refractivity (Wildman–Crippen MR) is 62.8 cm³/mol. The number of carbonyl (C=O) groups excluding carboxylic acids is 2. The van der Waals surface area contributed by atoms with E-state index in [1.54, 1.807) is 0 Å². The fraction of sp³-hybridized carbons (Fsp3) is 0.300. The summed E-state index contributed by atoms with van der Waals surface area (Å²) in [5.74, 6) is 0.181. The Morgan fingerprint density at radius 1 is 1.47 bits per heavy atom. The van der Waals surface area contributed by atoms with Crippen molar-refractivity contribution in [1.29, 1.82) is 0 Å². The standard InChI is InChI=1S/C10H11N3O3S/c11-5-16-1-2-17-8-3-7(14)9-6(10(8)15)4-12-13-9/h3-4H,1-2,5,11H2,(H,12,13). The number of hydrogen-bond acceptors (Lipinski definition) is 6. The number of hydrogen-bond donors (Lipinski definition) is 2. The van der Waals surface area contributed by atoms with Crippen LogP contribution in [0.15, 0.2) is 17.2 Å². The Kier molecular flexibility index (Phi) is 3.72. The SMILES string of the molecule is NCOCCSC1=CC(=O)c2[nH]ncc2C1=O. The van der Waals surface area contributed by atoms with E-state index in [4.69, 9.17) is 10.5 Å². The summed E-state index contributed by atoms with van der Waals surface area (Å²) in [5, 5.41) is 6.22. The van der Waals surface area contributed by atoms with E-state index in [-0.39, 0.29) is 24.0 Å². The van der Waals surface area contributed by atoms with Crippen LogP contribution in [0.3, 0.4) is 0 Å². The third-order valence-corrected chi connectivity index (χ3v) is 3.20. The van der Waals surface area contributed by atoms with Crippen molar-refractivity contribution in [3.8, 4) is 0 Å². The first-order valence-electron chi connectivity index (χ1n) is 4.98. The quantitative estimate of drug-likeness (QED) is 0.580. The number of nitrogens with two attached hydrogens (primary N) is 1. The van der Waals surface area contributed by atoms with Crippen molar-refractivity contribution in [2.24, 2.45) is 5.73 Å². The predicted octanol–water partition coefficient (Wildman–Crippen LogP) is 0.339. The Morgan fingerprint density at radius 2 is 2.29 bits per heavy atom. The average Bonchev–Trinajstić information content (AvgIpc) is 2.80. The second-order valence-corrected chi connectivity index (χ2v) is 4.42. The lowest BCUT2D eigenvalue weighted by atomic mass is 10.0. The van der Waals surface area contributed by atoms with Crippen LogP contribution in [0.1, 0.15) is 20.8 Å². The molecule has 0 saturated heterocycles. The number of Topliss-reactive ketones (excluding diaryl/α,β-unsaturated/α-hetero) is 1. The molecular weight excluding hydrogens is 242 g/mol. The van der Waals surface area contributed by atoms with Crippen molar-refractivity contribution in [1.82, 2.24) is 10.2 Å². The van der Waals surface area contributed by atoms with Gasteiger partial charge in [-0.2, -0.15) is 5.10 Å². The van der Waals surface area contributed by atoms with Gasteiger partial charge in [-0.1, -0.05) is 0 Å². The van der Waals surface area contributed by atoms with Gasteiger partial charge >= 0.3 is 0 Å². The summed E-state index contributed by atoms with van der Waals surface area (Å²) in [7, 11) is 0. The summed E-state index contributed by atoms with van der Waals surface area (Å²) in [6, 6.07) is 0. The maximum Gasteiger partial charge on any atom is 0.205 e. The monoisotopic (exact) mass is 253 g/mol. The number of nitrogens with one attached hydrogen (secondary N) is 1. The zero-order valence-electron chi connectivity index (χ0n) is 8.93. The van der Waals surface area contributed by atoms with Crippen LogP contribution in [-0.2, 0) is 4.74 Å². The minimum atomic E-state index is -0.223. The van der Waals surface area contributed by atoms with Crippen LogP contribution in [0, 0.1) is 0 Å². The lowest BCUT2D eigenvalue weighted by Crippen LogP contribution is -2.15. The molecule has 1 aliphatic carbocycles. The summed E-state index contributed by atoms with van der Waals surface area (Å²) >= 11 is 1.28. The largest absolute Gasteiger partial charge is 0.366 e. The van der Waals surface area contributed by atoms with E-state index in [1.807, 2.05) is 0 Å². The molecule has 0 atom stereocenters. The van der Waals surface area contributed by atoms with Crippen molar-refractivity contribution in [3.63, 3.8) is 0 Å². The van der Waals surface area contributed by atoms with Crippen molar-refractivity contribution >= 4 is 23.3 Å². The van der Waals surface area contributed by atoms with Gasteiger partial charge in [0, 0.05) is 11.8 Å². The van der Waals surface area contributed by atoms with Gasteiger partial charge in [-0.15, -0.1) is 11.8 Å². The number of ether oxygens (including phenoxy) is 1. The summed E-state index contributed by atoms with van der Waals surface area (Å²) in [5.41, 5.74) is 5.76. The highest BCUT2D eigenvalue weighted by atomic mass is 32.2. The van der Waals surface area contributed by atoms with Gasteiger partial charge in [-0.3, -0.25) is 14.7 Å². The van der Waals surface area contributed by atoms with Crippen molar-refractivity contribution < 1.29 is 14.3 Å². The fourth-order valence-electron chi connectivity index (χ4n) is 1.44. The second kappa shape index (κ2) is 5.26. The smallest absolute Gasteiger partial charge is 0.205 e. The zero-order valence-corrected chi connectivity index (χ0v) is 9.75. The van der Waals surface area contributed by atoms with Crippen LogP contribution in [0.4, 0.5) is 0 Å². The molecule has 0 amide bonds. The topological polar surface area (TPSA) is 98.1 Å². The Balaban J connectivity index is 2.05. The molecule has 0 fully saturated rings. The molecule has 90 valence electrons. The van der Waals surface area contributed by atoms with Gasteiger partial charge in [0.25, 0.3) is 0 Å². The number of aromatic amines is 1. The van der Waals surface area contributed by atoms with Gasteiger partial charge in [0.05, 0.1) is 30.0 Å². The number of aromatic nitrogens is 2. The summed E-state index contributed by atoms with van der Waals surface area (Å²) in [4.78, 5) is 24.0.